The average molecular weight is 414 g/mol. The van der Waals surface area contributed by atoms with Crippen molar-refractivity contribution in [1.29, 1.82) is 0 Å². The van der Waals surface area contributed by atoms with E-state index in [-0.39, 0.29) is 31.4 Å². The molecule has 26 heavy (non-hydrogen) atoms. The first-order valence-corrected chi connectivity index (χ1v) is 9.42. The summed E-state index contributed by atoms with van der Waals surface area (Å²) in [5.41, 5.74) is 2.61. The van der Waals surface area contributed by atoms with E-state index in [1.54, 1.807) is 0 Å². The Hall–Kier alpha value is -1.11. The molecule has 7 heteroatoms. The van der Waals surface area contributed by atoms with Crippen LogP contribution in [0.5, 0.6) is 0 Å². The maximum absolute atomic E-state index is 9.30. The highest BCUT2D eigenvalue weighted by Gasteiger charge is 2.25. The largest absolute Gasteiger partial charge is 0.396 e. The first-order chi connectivity index (χ1) is 11.8. The van der Waals surface area contributed by atoms with Gasteiger partial charge in [-0.15, -0.1) is 36.2 Å². The first kappa shape index (κ1) is 21.2. The number of aliphatic hydroxyl groups is 1. The van der Waals surface area contributed by atoms with Gasteiger partial charge in [0, 0.05) is 60.2 Å². The second-order valence-electron chi connectivity index (χ2n) is 6.50. The van der Waals surface area contributed by atoms with E-state index in [9.17, 15) is 5.11 Å². The molecule has 2 aromatic rings. The summed E-state index contributed by atoms with van der Waals surface area (Å²) in [5.74, 6) is 0. The SMILES string of the molecule is Cc1cc2c(s1)CC=c1cccnc1=C2N1CCNC(CCO)C1.Cl.Cl. The predicted octanol–water partition coefficient (Wildman–Crippen LogP) is 1.44. The Bertz CT molecular complexity index is 866. The van der Waals surface area contributed by atoms with Crippen LogP contribution in [0.2, 0.25) is 0 Å². The van der Waals surface area contributed by atoms with Crippen LogP contribution in [0, 0.1) is 6.92 Å². The molecule has 142 valence electrons. The maximum Gasteiger partial charge on any atom is 0.0938 e. The Morgan fingerprint density at radius 2 is 2.23 bits per heavy atom. The Balaban J connectivity index is 0.00000121. The number of hydrogen-bond acceptors (Lipinski definition) is 5. The molecule has 2 aliphatic rings. The summed E-state index contributed by atoms with van der Waals surface area (Å²) in [6.45, 7) is 5.25. The molecule has 2 N–H and O–H groups in total. The number of piperazine rings is 1. The zero-order valence-corrected chi connectivity index (χ0v) is 17.2. The lowest BCUT2D eigenvalue weighted by Gasteiger charge is -2.36. The topological polar surface area (TPSA) is 48.4 Å². The highest BCUT2D eigenvalue weighted by Crippen LogP contribution is 2.30. The number of aliphatic hydroxyl groups excluding tert-OH is 1. The number of hydrogen-bond donors (Lipinski definition) is 2. The van der Waals surface area contributed by atoms with Gasteiger partial charge in [-0.2, -0.15) is 0 Å². The van der Waals surface area contributed by atoms with E-state index in [1.165, 1.54) is 26.2 Å². The third kappa shape index (κ3) is 4.07. The van der Waals surface area contributed by atoms with Crippen LogP contribution in [0.15, 0.2) is 24.4 Å². The van der Waals surface area contributed by atoms with Gasteiger partial charge in [0.2, 0.25) is 0 Å². The van der Waals surface area contributed by atoms with Crippen LogP contribution in [0.1, 0.15) is 21.7 Å². The Morgan fingerprint density at radius 3 is 3.04 bits per heavy atom. The van der Waals surface area contributed by atoms with E-state index < -0.39 is 0 Å². The molecule has 0 radical (unpaired) electrons. The van der Waals surface area contributed by atoms with E-state index in [2.05, 4.69) is 35.3 Å². The van der Waals surface area contributed by atoms with Crippen LogP contribution in [0.4, 0.5) is 0 Å². The number of fused-ring (bicyclic) bond motifs is 2. The fraction of sp³-hybridized carbons (Fsp3) is 0.421. The summed E-state index contributed by atoms with van der Waals surface area (Å²) < 4.78 is 0. The third-order valence-corrected chi connectivity index (χ3v) is 5.88. The fourth-order valence-electron chi connectivity index (χ4n) is 3.72. The smallest absolute Gasteiger partial charge is 0.0938 e. The molecule has 0 amide bonds. The van der Waals surface area contributed by atoms with Crippen molar-refractivity contribution < 1.29 is 5.11 Å². The normalized spacial score (nSPS) is 18.6. The maximum atomic E-state index is 9.30. The van der Waals surface area contributed by atoms with Crippen LogP contribution < -0.4 is 15.9 Å². The Labute approximate surface area is 170 Å². The van der Waals surface area contributed by atoms with Gasteiger partial charge in [0.25, 0.3) is 0 Å². The summed E-state index contributed by atoms with van der Waals surface area (Å²) in [6, 6.07) is 6.83. The lowest BCUT2D eigenvalue weighted by molar-refractivity contribution is 0.217. The zero-order chi connectivity index (χ0) is 16.5. The molecule has 4 rings (SSSR count). The summed E-state index contributed by atoms with van der Waals surface area (Å²) >= 11 is 1.89. The van der Waals surface area contributed by atoms with Crippen molar-refractivity contribution in [2.24, 2.45) is 0 Å². The number of nitrogens with one attached hydrogen (secondary N) is 1. The number of pyridine rings is 1. The van der Waals surface area contributed by atoms with Gasteiger partial charge in [0.1, 0.15) is 0 Å². The molecule has 1 aliphatic heterocycles. The quantitative estimate of drug-likeness (QED) is 0.798. The van der Waals surface area contributed by atoms with Gasteiger partial charge in [-0.05, 0) is 30.7 Å². The molecular weight excluding hydrogens is 389 g/mol. The molecule has 1 atom stereocenters. The Kier molecular flexibility index (Phi) is 7.50. The highest BCUT2D eigenvalue weighted by molar-refractivity contribution is 7.12. The zero-order valence-electron chi connectivity index (χ0n) is 14.8. The number of nitrogens with zero attached hydrogens (tertiary/aromatic N) is 2. The molecule has 0 bridgehead atoms. The van der Waals surface area contributed by atoms with Crippen molar-refractivity contribution in [2.45, 2.75) is 25.8 Å². The molecular formula is C19H25Cl2N3OS. The van der Waals surface area contributed by atoms with E-state index in [0.29, 0.717) is 6.04 Å². The molecule has 1 aliphatic carbocycles. The van der Waals surface area contributed by atoms with Gasteiger partial charge in [0.05, 0.1) is 11.0 Å². The predicted molar refractivity (Wildman–Crippen MR) is 113 cm³/mol. The summed E-state index contributed by atoms with van der Waals surface area (Å²) in [5, 5.41) is 15.1. The van der Waals surface area contributed by atoms with E-state index >= 15 is 0 Å². The van der Waals surface area contributed by atoms with Gasteiger partial charge in [-0.1, -0.05) is 12.1 Å². The van der Waals surface area contributed by atoms with Gasteiger partial charge in [-0.25, -0.2) is 0 Å². The summed E-state index contributed by atoms with van der Waals surface area (Å²) in [6.07, 6.45) is 5.96. The highest BCUT2D eigenvalue weighted by atomic mass is 35.5. The third-order valence-electron chi connectivity index (χ3n) is 4.81. The lowest BCUT2D eigenvalue weighted by atomic mass is 10.1. The van der Waals surface area contributed by atoms with Gasteiger partial charge >= 0.3 is 0 Å². The van der Waals surface area contributed by atoms with Crippen molar-refractivity contribution in [3.05, 3.63) is 50.3 Å². The average Bonchev–Trinajstić information content (AvgIpc) is 2.88. The lowest BCUT2D eigenvalue weighted by Crippen LogP contribution is -2.52. The van der Waals surface area contributed by atoms with Crippen molar-refractivity contribution in [1.82, 2.24) is 15.2 Å². The number of aryl methyl sites for hydroxylation is 1. The minimum atomic E-state index is 0. The second kappa shape index (κ2) is 9.20. The summed E-state index contributed by atoms with van der Waals surface area (Å²) in [4.78, 5) is 9.99. The standard InChI is InChI=1S/C19H23N3OS.2ClH/c1-13-11-16-17(24-13)5-4-14-3-2-7-21-18(14)19(16)22-9-8-20-15(12-22)6-10-23;;/h2-4,7,11,15,20,23H,5-6,8-10,12H2,1H3;2*1H. The van der Waals surface area contributed by atoms with Crippen molar-refractivity contribution >= 4 is 47.9 Å². The molecule has 1 unspecified atom stereocenters. The van der Waals surface area contributed by atoms with Gasteiger partial charge in [-0.3, -0.25) is 4.98 Å². The van der Waals surface area contributed by atoms with Crippen LogP contribution in [0.25, 0.3) is 11.8 Å². The molecule has 3 heterocycles. The van der Waals surface area contributed by atoms with E-state index in [0.717, 1.165) is 37.8 Å². The van der Waals surface area contributed by atoms with Crippen LogP contribution >= 0.6 is 36.2 Å². The second-order valence-corrected chi connectivity index (χ2v) is 7.84. The van der Waals surface area contributed by atoms with Crippen molar-refractivity contribution in [3.63, 3.8) is 0 Å². The molecule has 0 aromatic carbocycles. The minimum Gasteiger partial charge on any atom is -0.396 e. The van der Waals surface area contributed by atoms with E-state index in [4.69, 9.17) is 4.98 Å². The van der Waals surface area contributed by atoms with Crippen LogP contribution in [0.3, 0.4) is 0 Å². The number of aromatic nitrogens is 1. The monoisotopic (exact) mass is 413 g/mol. The van der Waals surface area contributed by atoms with Crippen molar-refractivity contribution in [2.75, 3.05) is 26.2 Å². The summed E-state index contributed by atoms with van der Waals surface area (Å²) in [7, 11) is 0. The molecule has 2 aromatic heterocycles. The van der Waals surface area contributed by atoms with Crippen LogP contribution in [-0.4, -0.2) is 47.3 Å². The molecule has 0 spiro atoms. The molecule has 1 fully saturated rings. The molecule has 4 nitrogen and oxygen atoms in total. The number of thiophene rings is 1. The van der Waals surface area contributed by atoms with Crippen molar-refractivity contribution in [3.8, 4) is 0 Å². The van der Waals surface area contributed by atoms with Gasteiger partial charge < -0.3 is 15.3 Å². The minimum absolute atomic E-state index is 0. The number of rotatable bonds is 3. The van der Waals surface area contributed by atoms with Crippen LogP contribution in [-0.2, 0) is 6.42 Å². The molecule has 0 saturated carbocycles. The Morgan fingerprint density at radius 1 is 1.38 bits per heavy atom. The fourth-order valence-corrected chi connectivity index (χ4v) is 4.72. The first-order valence-electron chi connectivity index (χ1n) is 8.60. The number of halogens is 2. The van der Waals surface area contributed by atoms with Gasteiger partial charge in [0.15, 0.2) is 0 Å². The van der Waals surface area contributed by atoms with E-state index in [1.807, 2.05) is 23.6 Å². The molecule has 1 saturated heterocycles.